The molecule has 5 heteroatoms. The molecular formula is C14H25NO3Si. The van der Waals surface area contributed by atoms with Gasteiger partial charge in [0.25, 0.3) is 0 Å². The van der Waals surface area contributed by atoms with Gasteiger partial charge in [0.1, 0.15) is 6.04 Å². The summed E-state index contributed by atoms with van der Waals surface area (Å²) in [6.45, 7) is 7.07. The fourth-order valence-corrected chi connectivity index (χ4v) is 5.33. The Labute approximate surface area is 116 Å². The second-order valence-electron chi connectivity index (χ2n) is 7.50. The van der Waals surface area contributed by atoms with Crippen molar-refractivity contribution in [1.29, 1.82) is 0 Å². The number of hydrogen-bond donors (Lipinski definition) is 0. The predicted molar refractivity (Wildman–Crippen MR) is 75.2 cm³/mol. The smallest absolute Gasteiger partial charge is 0.327 e. The highest BCUT2D eigenvalue weighted by Gasteiger charge is 2.59. The summed E-state index contributed by atoms with van der Waals surface area (Å²) in [7, 11) is -1.16. The summed E-state index contributed by atoms with van der Waals surface area (Å²) in [4.78, 5) is 18.3. The van der Waals surface area contributed by atoms with Crippen LogP contribution in [0.2, 0.25) is 25.7 Å². The molecule has 3 fully saturated rings. The summed E-state index contributed by atoms with van der Waals surface area (Å²) >= 11 is 0. The van der Waals surface area contributed by atoms with E-state index in [4.69, 9.17) is 9.57 Å². The highest BCUT2D eigenvalue weighted by Crippen LogP contribution is 2.46. The molecule has 0 unspecified atom stereocenters. The second kappa shape index (κ2) is 4.57. The molecule has 2 heterocycles. The molecule has 3 rings (SSSR count). The van der Waals surface area contributed by atoms with E-state index in [0.717, 1.165) is 38.1 Å². The number of hydrogen-bond acceptors (Lipinski definition) is 4. The molecule has 2 atom stereocenters. The standard InChI is InChI=1S/C14H25NO3Si/c1-19(2,3)10-11-9-12-13(16)17-14(15(12)18-11)7-5-4-6-8-14/h11-12H,4-10H2,1-3H3/t11-,12-/m0/s1. The topological polar surface area (TPSA) is 38.8 Å². The maximum Gasteiger partial charge on any atom is 0.327 e. The Hall–Kier alpha value is -0.393. The van der Waals surface area contributed by atoms with Crippen LogP contribution in [0.1, 0.15) is 38.5 Å². The Kier molecular flexibility index (Phi) is 3.27. The van der Waals surface area contributed by atoms with Gasteiger partial charge in [0.2, 0.25) is 0 Å². The lowest BCUT2D eigenvalue weighted by Gasteiger charge is -2.37. The van der Waals surface area contributed by atoms with E-state index in [1.807, 2.05) is 5.06 Å². The zero-order chi connectivity index (χ0) is 13.7. The van der Waals surface area contributed by atoms with Crippen molar-refractivity contribution in [2.24, 2.45) is 0 Å². The Morgan fingerprint density at radius 1 is 1.26 bits per heavy atom. The van der Waals surface area contributed by atoms with Crippen molar-refractivity contribution in [1.82, 2.24) is 5.06 Å². The van der Waals surface area contributed by atoms with Crippen molar-refractivity contribution in [3.63, 3.8) is 0 Å². The minimum absolute atomic E-state index is 0.0556. The third-order valence-corrected chi connectivity index (χ3v) is 6.15. The third kappa shape index (κ3) is 2.48. The van der Waals surface area contributed by atoms with Crippen LogP contribution >= 0.6 is 0 Å². The fraction of sp³-hybridized carbons (Fsp3) is 0.929. The van der Waals surface area contributed by atoms with E-state index in [2.05, 4.69) is 19.6 Å². The van der Waals surface area contributed by atoms with Gasteiger partial charge in [-0.15, -0.1) is 5.06 Å². The Morgan fingerprint density at radius 2 is 1.95 bits per heavy atom. The molecule has 0 radical (unpaired) electrons. The van der Waals surface area contributed by atoms with Crippen LogP contribution in [0, 0.1) is 0 Å². The molecule has 2 saturated heterocycles. The predicted octanol–water partition coefficient (Wildman–Crippen LogP) is 2.92. The first-order valence-corrected chi connectivity index (χ1v) is 11.3. The molecule has 1 saturated carbocycles. The average Bonchev–Trinajstić information content (AvgIpc) is 2.80. The van der Waals surface area contributed by atoms with Crippen molar-refractivity contribution >= 4 is 14.0 Å². The van der Waals surface area contributed by atoms with Crippen molar-refractivity contribution in [2.45, 2.75) is 82.1 Å². The number of hydroxylamine groups is 2. The molecular weight excluding hydrogens is 258 g/mol. The van der Waals surface area contributed by atoms with E-state index in [-0.39, 0.29) is 18.1 Å². The van der Waals surface area contributed by atoms with Crippen molar-refractivity contribution in [3.8, 4) is 0 Å². The van der Waals surface area contributed by atoms with Crippen LogP contribution in [-0.4, -0.2) is 37.0 Å². The number of esters is 1. The maximum absolute atomic E-state index is 12.1. The molecule has 1 spiro atoms. The molecule has 3 aliphatic rings. The second-order valence-corrected chi connectivity index (χ2v) is 13.0. The van der Waals surface area contributed by atoms with Gasteiger partial charge < -0.3 is 4.74 Å². The monoisotopic (exact) mass is 283 g/mol. The van der Waals surface area contributed by atoms with Crippen LogP contribution in [0.4, 0.5) is 0 Å². The van der Waals surface area contributed by atoms with Crippen LogP contribution in [0.5, 0.6) is 0 Å². The first-order valence-electron chi connectivity index (χ1n) is 7.59. The summed E-state index contributed by atoms with van der Waals surface area (Å²) in [6.07, 6.45) is 6.45. The SMILES string of the molecule is C[Si](C)(C)C[C@@H]1C[C@H]2C(=O)OC3(CCCCC3)N2O1. The number of fused-ring (bicyclic) bond motifs is 2. The zero-order valence-electron chi connectivity index (χ0n) is 12.3. The molecule has 0 amide bonds. The molecule has 1 aliphatic carbocycles. The molecule has 108 valence electrons. The minimum atomic E-state index is -1.16. The lowest BCUT2D eigenvalue weighted by Crippen LogP contribution is -2.47. The Bertz CT molecular complexity index is 373. The summed E-state index contributed by atoms with van der Waals surface area (Å²) in [5, 5.41) is 1.94. The fourth-order valence-electron chi connectivity index (χ4n) is 3.72. The largest absolute Gasteiger partial charge is 0.440 e. The van der Waals surface area contributed by atoms with Gasteiger partial charge in [0.15, 0.2) is 5.72 Å². The molecule has 0 N–H and O–H groups in total. The lowest BCUT2D eigenvalue weighted by molar-refractivity contribution is -0.267. The van der Waals surface area contributed by atoms with Gasteiger partial charge >= 0.3 is 5.97 Å². The quantitative estimate of drug-likeness (QED) is 0.577. The van der Waals surface area contributed by atoms with Crippen LogP contribution < -0.4 is 0 Å². The highest BCUT2D eigenvalue weighted by atomic mass is 28.3. The number of rotatable bonds is 2. The molecule has 19 heavy (non-hydrogen) atoms. The summed E-state index contributed by atoms with van der Waals surface area (Å²) in [6, 6.07) is 0.989. The van der Waals surface area contributed by atoms with E-state index in [1.54, 1.807) is 0 Å². The van der Waals surface area contributed by atoms with E-state index >= 15 is 0 Å². The van der Waals surface area contributed by atoms with E-state index in [0.29, 0.717) is 0 Å². The van der Waals surface area contributed by atoms with Crippen LogP contribution in [0.3, 0.4) is 0 Å². The molecule has 0 aromatic rings. The first-order chi connectivity index (χ1) is 8.90. The Morgan fingerprint density at radius 3 is 2.58 bits per heavy atom. The summed E-state index contributed by atoms with van der Waals surface area (Å²) in [5.41, 5.74) is -0.422. The van der Waals surface area contributed by atoms with Gasteiger partial charge in [-0.2, -0.15) is 0 Å². The van der Waals surface area contributed by atoms with Crippen LogP contribution in [0.25, 0.3) is 0 Å². The van der Waals surface area contributed by atoms with E-state index < -0.39 is 13.8 Å². The van der Waals surface area contributed by atoms with Gasteiger partial charge in [-0.25, -0.2) is 0 Å². The van der Waals surface area contributed by atoms with Gasteiger partial charge in [-0.05, 0) is 18.9 Å². The average molecular weight is 283 g/mol. The molecule has 0 aromatic carbocycles. The highest BCUT2D eigenvalue weighted by molar-refractivity contribution is 6.76. The van der Waals surface area contributed by atoms with Crippen molar-refractivity contribution < 1.29 is 14.4 Å². The van der Waals surface area contributed by atoms with Gasteiger partial charge in [0, 0.05) is 27.3 Å². The van der Waals surface area contributed by atoms with Gasteiger partial charge in [0.05, 0.1) is 6.10 Å². The van der Waals surface area contributed by atoms with Gasteiger partial charge in [-0.1, -0.05) is 26.1 Å². The molecule has 0 aromatic heterocycles. The number of ether oxygens (including phenoxy) is 1. The van der Waals surface area contributed by atoms with Crippen molar-refractivity contribution in [2.75, 3.05) is 0 Å². The minimum Gasteiger partial charge on any atom is -0.440 e. The van der Waals surface area contributed by atoms with Gasteiger partial charge in [-0.3, -0.25) is 9.63 Å². The molecule has 2 aliphatic heterocycles. The third-order valence-electron chi connectivity index (χ3n) is 4.47. The van der Waals surface area contributed by atoms with Crippen LogP contribution in [0.15, 0.2) is 0 Å². The molecule has 4 nitrogen and oxygen atoms in total. The van der Waals surface area contributed by atoms with E-state index in [1.165, 1.54) is 6.42 Å². The normalized spacial score (nSPS) is 34.6. The maximum atomic E-state index is 12.1. The zero-order valence-corrected chi connectivity index (χ0v) is 13.3. The lowest BCUT2D eigenvalue weighted by atomic mass is 9.91. The number of nitrogens with zero attached hydrogens (tertiary/aromatic N) is 1. The van der Waals surface area contributed by atoms with E-state index in [9.17, 15) is 4.79 Å². The van der Waals surface area contributed by atoms with Crippen molar-refractivity contribution in [3.05, 3.63) is 0 Å². The summed E-state index contributed by atoms with van der Waals surface area (Å²) < 4.78 is 5.71. The number of carbonyl (C=O) groups is 1. The summed E-state index contributed by atoms with van der Waals surface area (Å²) in [5.74, 6) is -0.0556. The Balaban J connectivity index is 1.74. The molecule has 0 bridgehead atoms. The number of carbonyl (C=O) groups excluding carboxylic acids is 1. The van der Waals surface area contributed by atoms with Crippen LogP contribution in [-0.2, 0) is 14.4 Å². The first kappa shape index (κ1) is 13.6.